The summed E-state index contributed by atoms with van der Waals surface area (Å²) >= 11 is 0. The van der Waals surface area contributed by atoms with E-state index in [1.165, 1.54) is 7.11 Å². The maximum Gasteiger partial charge on any atom is 0.408 e. The molecule has 1 saturated heterocycles. The van der Waals surface area contributed by atoms with Gasteiger partial charge in [-0.25, -0.2) is 4.79 Å². The predicted octanol–water partition coefficient (Wildman–Crippen LogP) is 2.04. The summed E-state index contributed by atoms with van der Waals surface area (Å²) in [5, 5.41) is 2.80. The number of methoxy groups -OCH3 is 1. The molecule has 0 bridgehead atoms. The van der Waals surface area contributed by atoms with Gasteiger partial charge in [0.2, 0.25) is 0 Å². The fraction of sp³-hybridized carbons (Fsp3) is 0.750. The zero-order chi connectivity index (χ0) is 16.4. The molecule has 1 aliphatic carbocycles. The molecule has 1 aliphatic heterocycles. The second-order valence-corrected chi connectivity index (χ2v) is 6.91. The maximum atomic E-state index is 12.3. The lowest BCUT2D eigenvalue weighted by molar-refractivity contribution is -0.153. The van der Waals surface area contributed by atoms with Crippen molar-refractivity contribution < 1.29 is 23.8 Å². The van der Waals surface area contributed by atoms with Crippen molar-refractivity contribution in [1.82, 2.24) is 5.32 Å². The molecule has 0 spiro atoms. The first-order chi connectivity index (χ1) is 10.3. The molecule has 0 saturated carbocycles. The SMILES string of the molecule is COC(=O)[C@@]1(C2CCOC2)C=C[C@@H](NC(=O)OC(C)(C)C)C1. The van der Waals surface area contributed by atoms with Gasteiger partial charge in [-0.2, -0.15) is 0 Å². The molecule has 124 valence electrons. The number of nitrogens with one attached hydrogen (secondary N) is 1. The van der Waals surface area contributed by atoms with Crippen molar-refractivity contribution in [3.05, 3.63) is 12.2 Å². The van der Waals surface area contributed by atoms with Crippen molar-refractivity contribution in [2.45, 2.75) is 45.3 Å². The zero-order valence-electron chi connectivity index (χ0n) is 13.7. The molecule has 22 heavy (non-hydrogen) atoms. The van der Waals surface area contributed by atoms with E-state index >= 15 is 0 Å². The lowest BCUT2D eigenvalue weighted by Gasteiger charge is -2.31. The number of esters is 1. The third-order valence-corrected chi connectivity index (χ3v) is 4.11. The minimum Gasteiger partial charge on any atom is -0.468 e. The Morgan fingerprint density at radius 3 is 2.64 bits per heavy atom. The Hall–Kier alpha value is -1.56. The minimum absolute atomic E-state index is 0.0848. The van der Waals surface area contributed by atoms with Crippen LogP contribution in [-0.2, 0) is 19.0 Å². The lowest BCUT2D eigenvalue weighted by atomic mass is 9.74. The van der Waals surface area contributed by atoms with Crippen LogP contribution in [0.5, 0.6) is 0 Å². The Bertz CT molecular complexity index is 462. The standard InChI is InChI=1S/C16H25NO5/c1-15(2,3)22-14(19)17-12-5-7-16(9-12,13(18)20-4)11-6-8-21-10-11/h5,7,11-12H,6,8-10H2,1-4H3,(H,17,19)/t11?,12-,16+/m1/s1. The molecule has 2 rings (SSSR count). The van der Waals surface area contributed by atoms with Crippen molar-refractivity contribution >= 4 is 12.1 Å². The number of hydrogen-bond donors (Lipinski definition) is 1. The second kappa shape index (κ2) is 6.28. The molecule has 0 radical (unpaired) electrons. The molecule has 1 N–H and O–H groups in total. The molecule has 1 fully saturated rings. The van der Waals surface area contributed by atoms with E-state index in [4.69, 9.17) is 14.2 Å². The van der Waals surface area contributed by atoms with Crippen LogP contribution in [0, 0.1) is 11.3 Å². The molecule has 6 heteroatoms. The van der Waals surface area contributed by atoms with E-state index in [0.29, 0.717) is 19.6 Å². The Morgan fingerprint density at radius 1 is 1.36 bits per heavy atom. The normalized spacial score (nSPS) is 31.1. The van der Waals surface area contributed by atoms with Crippen LogP contribution in [0.1, 0.15) is 33.6 Å². The smallest absolute Gasteiger partial charge is 0.408 e. The topological polar surface area (TPSA) is 73.9 Å². The van der Waals surface area contributed by atoms with Gasteiger partial charge in [0.15, 0.2) is 0 Å². The zero-order valence-corrected chi connectivity index (χ0v) is 13.7. The molecule has 1 unspecified atom stereocenters. The highest BCUT2D eigenvalue weighted by molar-refractivity contribution is 5.81. The molecule has 3 atom stereocenters. The van der Waals surface area contributed by atoms with Crippen LogP contribution in [0.4, 0.5) is 4.79 Å². The van der Waals surface area contributed by atoms with Crippen LogP contribution in [0.25, 0.3) is 0 Å². The predicted molar refractivity (Wildman–Crippen MR) is 80.3 cm³/mol. The molecule has 0 aromatic carbocycles. The average Bonchev–Trinajstić information content (AvgIpc) is 3.04. The molecule has 2 aliphatic rings. The summed E-state index contributed by atoms with van der Waals surface area (Å²) in [5.74, 6) is -0.186. The summed E-state index contributed by atoms with van der Waals surface area (Å²) in [6.07, 6.45) is 4.52. The summed E-state index contributed by atoms with van der Waals surface area (Å²) in [5.41, 5.74) is -1.27. The second-order valence-electron chi connectivity index (χ2n) is 6.91. The Labute approximate surface area is 131 Å². The molecule has 0 aromatic rings. The lowest BCUT2D eigenvalue weighted by Crippen LogP contribution is -2.43. The summed E-state index contributed by atoms with van der Waals surface area (Å²) in [7, 11) is 1.39. The first-order valence-corrected chi connectivity index (χ1v) is 7.62. The number of amides is 1. The number of alkyl carbamates (subject to hydrolysis) is 1. The van der Waals surface area contributed by atoms with Crippen LogP contribution < -0.4 is 5.32 Å². The quantitative estimate of drug-likeness (QED) is 0.638. The number of carbonyl (C=O) groups is 2. The van der Waals surface area contributed by atoms with Crippen molar-refractivity contribution in [3.8, 4) is 0 Å². The highest BCUT2D eigenvalue weighted by Gasteiger charge is 2.50. The van der Waals surface area contributed by atoms with Crippen LogP contribution in [-0.4, -0.2) is 44.0 Å². The van der Waals surface area contributed by atoms with Crippen LogP contribution >= 0.6 is 0 Å². The van der Waals surface area contributed by atoms with Crippen LogP contribution in [0.15, 0.2) is 12.2 Å². The fourth-order valence-corrected chi connectivity index (χ4v) is 3.10. The van der Waals surface area contributed by atoms with Gasteiger partial charge in [-0.05, 0) is 33.6 Å². The largest absolute Gasteiger partial charge is 0.468 e. The number of ether oxygens (including phenoxy) is 3. The van der Waals surface area contributed by atoms with Gasteiger partial charge in [-0.15, -0.1) is 0 Å². The van der Waals surface area contributed by atoms with E-state index in [1.54, 1.807) is 0 Å². The summed E-state index contributed by atoms with van der Waals surface area (Å²) in [4.78, 5) is 24.2. The van der Waals surface area contributed by atoms with E-state index in [1.807, 2.05) is 32.9 Å². The first-order valence-electron chi connectivity index (χ1n) is 7.62. The van der Waals surface area contributed by atoms with Gasteiger partial charge < -0.3 is 19.5 Å². The molecule has 6 nitrogen and oxygen atoms in total. The van der Waals surface area contributed by atoms with E-state index in [-0.39, 0.29) is 17.9 Å². The van der Waals surface area contributed by atoms with Crippen LogP contribution in [0.2, 0.25) is 0 Å². The van der Waals surface area contributed by atoms with Crippen molar-refractivity contribution in [3.63, 3.8) is 0 Å². The highest BCUT2D eigenvalue weighted by Crippen LogP contribution is 2.44. The maximum absolute atomic E-state index is 12.3. The average molecular weight is 311 g/mol. The van der Waals surface area contributed by atoms with Crippen LogP contribution in [0.3, 0.4) is 0 Å². The van der Waals surface area contributed by atoms with Gasteiger partial charge in [-0.1, -0.05) is 12.2 Å². The number of rotatable bonds is 3. The Morgan fingerprint density at radius 2 is 2.09 bits per heavy atom. The van der Waals surface area contributed by atoms with E-state index in [2.05, 4.69) is 5.32 Å². The summed E-state index contributed by atoms with van der Waals surface area (Å²) < 4.78 is 15.7. The first kappa shape index (κ1) is 16.8. The van der Waals surface area contributed by atoms with Gasteiger partial charge in [0.25, 0.3) is 0 Å². The van der Waals surface area contributed by atoms with Gasteiger partial charge in [0.05, 0.1) is 25.2 Å². The Balaban J connectivity index is 2.03. The van der Waals surface area contributed by atoms with E-state index < -0.39 is 17.1 Å². The van der Waals surface area contributed by atoms with Gasteiger partial charge in [0.1, 0.15) is 5.60 Å². The van der Waals surface area contributed by atoms with Crippen molar-refractivity contribution in [2.75, 3.05) is 20.3 Å². The summed E-state index contributed by atoms with van der Waals surface area (Å²) in [6.45, 7) is 6.63. The van der Waals surface area contributed by atoms with Crippen molar-refractivity contribution in [1.29, 1.82) is 0 Å². The molecule has 1 heterocycles. The number of hydrogen-bond acceptors (Lipinski definition) is 5. The van der Waals surface area contributed by atoms with Gasteiger partial charge in [-0.3, -0.25) is 4.79 Å². The molecular weight excluding hydrogens is 286 g/mol. The highest BCUT2D eigenvalue weighted by atomic mass is 16.6. The molecule has 0 aromatic heterocycles. The monoisotopic (exact) mass is 311 g/mol. The van der Waals surface area contributed by atoms with Gasteiger partial charge >= 0.3 is 12.1 Å². The summed E-state index contributed by atoms with van der Waals surface area (Å²) in [6, 6.07) is -0.241. The fourth-order valence-electron chi connectivity index (χ4n) is 3.10. The molecule has 1 amide bonds. The van der Waals surface area contributed by atoms with Gasteiger partial charge in [0, 0.05) is 12.5 Å². The minimum atomic E-state index is -0.717. The van der Waals surface area contributed by atoms with E-state index in [9.17, 15) is 9.59 Å². The third-order valence-electron chi connectivity index (χ3n) is 4.11. The van der Waals surface area contributed by atoms with Crippen molar-refractivity contribution in [2.24, 2.45) is 11.3 Å². The molecular formula is C16H25NO5. The number of carbonyl (C=O) groups excluding carboxylic acids is 2. The van der Waals surface area contributed by atoms with E-state index in [0.717, 1.165) is 6.42 Å². The third kappa shape index (κ3) is 3.61. The Kier molecular flexibility index (Phi) is 4.80.